The average Bonchev–Trinajstić information content (AvgIpc) is 2.41. The summed E-state index contributed by atoms with van der Waals surface area (Å²) in [5.41, 5.74) is 1.27. The fourth-order valence-electron chi connectivity index (χ4n) is 1.78. The highest BCUT2D eigenvalue weighted by Crippen LogP contribution is 2.02. The lowest BCUT2D eigenvalue weighted by Crippen LogP contribution is -2.17. The second-order valence-corrected chi connectivity index (χ2v) is 4.75. The second-order valence-electron chi connectivity index (χ2n) is 4.75. The Morgan fingerprint density at radius 1 is 0.895 bits per heavy atom. The van der Waals surface area contributed by atoms with Gasteiger partial charge in [-0.3, -0.25) is 4.84 Å². The summed E-state index contributed by atoms with van der Waals surface area (Å²) in [6.07, 6.45) is 7.01. The zero-order chi connectivity index (χ0) is 14.3. The average molecular weight is 265 g/mol. The number of rotatable bonds is 8. The van der Waals surface area contributed by atoms with Gasteiger partial charge in [0.15, 0.2) is 0 Å². The van der Waals surface area contributed by atoms with E-state index in [4.69, 9.17) is 4.84 Å². The van der Waals surface area contributed by atoms with Crippen molar-refractivity contribution in [2.75, 3.05) is 13.7 Å². The Morgan fingerprint density at radius 2 is 1.47 bits per heavy atom. The molecule has 1 rings (SSSR count). The van der Waals surface area contributed by atoms with Crippen molar-refractivity contribution in [3.63, 3.8) is 0 Å². The van der Waals surface area contributed by atoms with E-state index in [9.17, 15) is 0 Å². The van der Waals surface area contributed by atoms with Crippen LogP contribution in [-0.2, 0) is 11.4 Å². The molecule has 0 amide bonds. The molecule has 0 unspecified atom stereocenters. The van der Waals surface area contributed by atoms with Gasteiger partial charge in [0.2, 0.25) is 0 Å². The molecule has 0 atom stereocenters. The maximum absolute atomic E-state index is 5.28. The van der Waals surface area contributed by atoms with Crippen LogP contribution in [0.1, 0.15) is 58.4 Å². The molecule has 0 aromatic heterocycles. The van der Waals surface area contributed by atoms with Crippen molar-refractivity contribution in [1.29, 1.82) is 0 Å². The number of hydrogen-bond acceptors (Lipinski definition) is 2. The summed E-state index contributed by atoms with van der Waals surface area (Å²) in [5, 5.41) is 1.84. The zero-order valence-electron chi connectivity index (χ0n) is 13.2. The smallest absolute Gasteiger partial charge is 0.0656 e. The summed E-state index contributed by atoms with van der Waals surface area (Å²) in [6, 6.07) is 10.3. The van der Waals surface area contributed by atoms with E-state index < -0.39 is 0 Å². The lowest BCUT2D eigenvalue weighted by molar-refractivity contribution is -0.141. The molecule has 1 aromatic rings. The van der Waals surface area contributed by atoms with Gasteiger partial charge in [0.1, 0.15) is 0 Å². The Morgan fingerprint density at radius 3 is 1.95 bits per heavy atom. The molecule has 2 heteroatoms. The molecule has 0 bridgehead atoms. The Bertz CT molecular complexity index is 270. The number of nitrogens with zero attached hydrogens (tertiary/aromatic N) is 1. The Hall–Kier alpha value is -0.860. The van der Waals surface area contributed by atoms with Crippen LogP contribution in [-0.4, -0.2) is 18.7 Å². The summed E-state index contributed by atoms with van der Waals surface area (Å²) < 4.78 is 0. The van der Waals surface area contributed by atoms with Crippen molar-refractivity contribution in [2.45, 2.75) is 59.4 Å². The molecular formula is C17H31NO. The molecule has 0 radical (unpaired) electrons. The molecular weight excluding hydrogens is 234 g/mol. The van der Waals surface area contributed by atoms with Gasteiger partial charge in [-0.25, -0.2) is 0 Å². The predicted octanol–water partition coefficient (Wildman–Crippen LogP) is 5.05. The van der Waals surface area contributed by atoms with Crippen molar-refractivity contribution in [3.05, 3.63) is 35.9 Å². The van der Waals surface area contributed by atoms with Crippen LogP contribution in [0.5, 0.6) is 0 Å². The molecule has 0 spiro atoms. The third-order valence-electron chi connectivity index (χ3n) is 2.80. The van der Waals surface area contributed by atoms with Crippen LogP contribution in [0.25, 0.3) is 0 Å². The number of hydrogen-bond donors (Lipinski definition) is 0. The first-order chi connectivity index (χ1) is 9.24. The fourth-order valence-corrected chi connectivity index (χ4v) is 1.78. The number of benzene rings is 1. The van der Waals surface area contributed by atoms with Gasteiger partial charge in [0.05, 0.1) is 6.61 Å². The number of hydroxylamine groups is 2. The molecule has 19 heavy (non-hydrogen) atoms. The Kier molecular flexibility index (Phi) is 13.0. The molecule has 110 valence electrons. The van der Waals surface area contributed by atoms with Crippen LogP contribution in [0.2, 0.25) is 0 Å². The van der Waals surface area contributed by atoms with Crippen molar-refractivity contribution in [2.24, 2.45) is 0 Å². The normalized spacial score (nSPS) is 10.2. The van der Waals surface area contributed by atoms with Crippen molar-refractivity contribution < 1.29 is 4.84 Å². The van der Waals surface area contributed by atoms with Gasteiger partial charge in [0.25, 0.3) is 0 Å². The predicted molar refractivity (Wildman–Crippen MR) is 84.0 cm³/mol. The zero-order valence-corrected chi connectivity index (χ0v) is 13.2. The lowest BCUT2D eigenvalue weighted by Gasteiger charge is -2.14. The van der Waals surface area contributed by atoms with E-state index in [1.165, 1.54) is 37.7 Å². The third-order valence-corrected chi connectivity index (χ3v) is 2.80. The van der Waals surface area contributed by atoms with Gasteiger partial charge in [-0.2, -0.15) is 5.06 Å². The Balaban J connectivity index is 0.000000399. The van der Waals surface area contributed by atoms with E-state index >= 15 is 0 Å². The standard InChI is InChI=1S/C10H15NO.C7H16/c1-3-12-11(2)9-10-7-5-4-6-8-10;1-3-5-7-6-4-2/h4-8H,3,9H2,1-2H3;3-7H2,1-2H3. The second kappa shape index (κ2) is 13.6. The van der Waals surface area contributed by atoms with Gasteiger partial charge < -0.3 is 0 Å². The largest absolute Gasteiger partial charge is 0.299 e. The highest BCUT2D eigenvalue weighted by molar-refractivity contribution is 5.13. The molecule has 0 N–H and O–H groups in total. The summed E-state index contributed by atoms with van der Waals surface area (Å²) in [6.45, 7) is 8.05. The van der Waals surface area contributed by atoms with Gasteiger partial charge in [-0.1, -0.05) is 76.3 Å². The van der Waals surface area contributed by atoms with E-state index in [1.807, 2.05) is 37.2 Å². The summed E-state index contributed by atoms with van der Waals surface area (Å²) in [4.78, 5) is 5.28. The Labute approximate surface area is 119 Å². The molecule has 0 aliphatic heterocycles. The molecule has 0 heterocycles. The van der Waals surface area contributed by atoms with Crippen LogP contribution < -0.4 is 0 Å². The molecule has 0 saturated heterocycles. The first-order valence-corrected chi connectivity index (χ1v) is 7.62. The van der Waals surface area contributed by atoms with Gasteiger partial charge in [-0.15, -0.1) is 0 Å². The highest BCUT2D eigenvalue weighted by Gasteiger charge is 1.97. The minimum absolute atomic E-state index is 0.726. The molecule has 1 aromatic carbocycles. The van der Waals surface area contributed by atoms with Crippen LogP contribution in [0.4, 0.5) is 0 Å². The molecule has 0 fully saturated rings. The fraction of sp³-hybridized carbons (Fsp3) is 0.647. The molecule has 0 aliphatic carbocycles. The van der Waals surface area contributed by atoms with E-state index in [1.54, 1.807) is 0 Å². The lowest BCUT2D eigenvalue weighted by atomic mass is 10.2. The van der Waals surface area contributed by atoms with E-state index in [-0.39, 0.29) is 0 Å². The van der Waals surface area contributed by atoms with E-state index in [2.05, 4.69) is 26.0 Å². The third kappa shape index (κ3) is 11.9. The number of unbranched alkanes of at least 4 members (excludes halogenated alkanes) is 4. The maximum atomic E-state index is 5.28. The summed E-state index contributed by atoms with van der Waals surface area (Å²) in [7, 11) is 1.94. The maximum Gasteiger partial charge on any atom is 0.0656 e. The van der Waals surface area contributed by atoms with Gasteiger partial charge in [-0.05, 0) is 12.5 Å². The summed E-state index contributed by atoms with van der Waals surface area (Å²) in [5.74, 6) is 0. The summed E-state index contributed by atoms with van der Waals surface area (Å²) >= 11 is 0. The first-order valence-electron chi connectivity index (χ1n) is 7.62. The molecule has 2 nitrogen and oxygen atoms in total. The van der Waals surface area contributed by atoms with Gasteiger partial charge >= 0.3 is 0 Å². The first kappa shape index (κ1) is 18.1. The van der Waals surface area contributed by atoms with Crippen LogP contribution in [0, 0.1) is 0 Å². The molecule has 0 aliphatic rings. The van der Waals surface area contributed by atoms with Gasteiger partial charge in [0, 0.05) is 13.6 Å². The SMILES string of the molecule is CCCCCCC.CCON(C)Cc1ccccc1. The van der Waals surface area contributed by atoms with Crippen molar-refractivity contribution in [3.8, 4) is 0 Å². The monoisotopic (exact) mass is 265 g/mol. The minimum Gasteiger partial charge on any atom is -0.299 e. The van der Waals surface area contributed by atoms with Crippen LogP contribution in [0.15, 0.2) is 30.3 Å². The minimum atomic E-state index is 0.726. The van der Waals surface area contributed by atoms with Crippen LogP contribution in [0.3, 0.4) is 0 Å². The van der Waals surface area contributed by atoms with Crippen molar-refractivity contribution >= 4 is 0 Å². The quantitative estimate of drug-likeness (QED) is 0.482. The molecule has 0 saturated carbocycles. The topological polar surface area (TPSA) is 12.5 Å². The van der Waals surface area contributed by atoms with E-state index in [0.29, 0.717) is 0 Å². The van der Waals surface area contributed by atoms with Crippen LogP contribution >= 0.6 is 0 Å². The highest BCUT2D eigenvalue weighted by atomic mass is 16.7. The van der Waals surface area contributed by atoms with E-state index in [0.717, 1.165) is 13.2 Å². The van der Waals surface area contributed by atoms with Crippen molar-refractivity contribution in [1.82, 2.24) is 5.06 Å².